The summed E-state index contributed by atoms with van der Waals surface area (Å²) in [6.07, 6.45) is 0.236. The summed E-state index contributed by atoms with van der Waals surface area (Å²) in [7, 11) is 0. The highest BCUT2D eigenvalue weighted by atomic mass is 16.2. The third-order valence-electron chi connectivity index (χ3n) is 4.27. The molecule has 6 nitrogen and oxygen atoms in total. The van der Waals surface area contributed by atoms with E-state index < -0.39 is 0 Å². The molecule has 0 aliphatic carbocycles. The van der Waals surface area contributed by atoms with Gasteiger partial charge in [-0.15, -0.1) is 0 Å². The van der Waals surface area contributed by atoms with Crippen LogP contribution in [0.2, 0.25) is 0 Å². The van der Waals surface area contributed by atoms with Gasteiger partial charge in [-0.1, -0.05) is 54.6 Å². The number of anilines is 2. The summed E-state index contributed by atoms with van der Waals surface area (Å²) in [5.41, 5.74) is 3.33. The van der Waals surface area contributed by atoms with E-state index in [0.717, 1.165) is 16.6 Å². The summed E-state index contributed by atoms with van der Waals surface area (Å²) < 4.78 is 0. The van der Waals surface area contributed by atoms with Crippen LogP contribution in [-0.2, 0) is 11.2 Å². The van der Waals surface area contributed by atoms with Crippen LogP contribution in [0, 0.1) is 0 Å². The van der Waals surface area contributed by atoms with Crippen LogP contribution in [0.3, 0.4) is 0 Å². The van der Waals surface area contributed by atoms with Gasteiger partial charge in [0.15, 0.2) is 0 Å². The number of nitrogens with one attached hydrogen (secondary N) is 3. The molecular formula is C22H18N4O2. The highest BCUT2D eigenvalue weighted by molar-refractivity contribution is 6.10. The van der Waals surface area contributed by atoms with Gasteiger partial charge in [0, 0.05) is 0 Å². The van der Waals surface area contributed by atoms with Crippen LogP contribution in [0.5, 0.6) is 0 Å². The van der Waals surface area contributed by atoms with E-state index in [-0.39, 0.29) is 18.2 Å². The lowest BCUT2D eigenvalue weighted by Crippen LogP contribution is -2.19. The number of carbonyl (C=O) groups excluding carboxylic acids is 2. The van der Waals surface area contributed by atoms with Crippen LogP contribution in [0.4, 0.5) is 11.6 Å². The second kappa shape index (κ2) is 7.75. The van der Waals surface area contributed by atoms with Crippen molar-refractivity contribution < 1.29 is 9.59 Å². The number of aromatic amines is 1. The molecule has 6 heteroatoms. The van der Waals surface area contributed by atoms with Crippen molar-refractivity contribution in [2.45, 2.75) is 6.42 Å². The van der Waals surface area contributed by atoms with Gasteiger partial charge in [0.1, 0.15) is 0 Å². The van der Waals surface area contributed by atoms with Gasteiger partial charge < -0.3 is 10.3 Å². The minimum absolute atomic E-state index is 0.185. The Morgan fingerprint density at radius 3 is 2.36 bits per heavy atom. The average molecular weight is 370 g/mol. The third-order valence-corrected chi connectivity index (χ3v) is 4.27. The Morgan fingerprint density at radius 1 is 0.821 bits per heavy atom. The number of H-pyrrole nitrogens is 1. The number of hydrogen-bond donors (Lipinski definition) is 3. The molecule has 0 aliphatic rings. The molecule has 138 valence electrons. The van der Waals surface area contributed by atoms with Gasteiger partial charge in [0.05, 0.1) is 28.7 Å². The summed E-state index contributed by atoms with van der Waals surface area (Å²) in [5, 5.41) is 5.58. The number of rotatable bonds is 5. The molecule has 4 aromatic rings. The normalized spacial score (nSPS) is 10.6. The van der Waals surface area contributed by atoms with Crippen molar-refractivity contribution in [1.82, 2.24) is 9.97 Å². The summed E-state index contributed by atoms with van der Waals surface area (Å²) >= 11 is 0. The van der Waals surface area contributed by atoms with E-state index in [4.69, 9.17) is 0 Å². The van der Waals surface area contributed by atoms with Crippen molar-refractivity contribution in [2.75, 3.05) is 10.6 Å². The molecule has 1 heterocycles. The summed E-state index contributed by atoms with van der Waals surface area (Å²) in [6.45, 7) is 0. The van der Waals surface area contributed by atoms with Gasteiger partial charge >= 0.3 is 0 Å². The topological polar surface area (TPSA) is 86.9 Å². The number of amides is 2. The van der Waals surface area contributed by atoms with E-state index in [9.17, 15) is 9.59 Å². The monoisotopic (exact) mass is 370 g/mol. The Hall–Kier alpha value is -3.93. The molecule has 28 heavy (non-hydrogen) atoms. The smallest absolute Gasteiger partial charge is 0.260 e. The van der Waals surface area contributed by atoms with E-state index in [2.05, 4.69) is 20.6 Å². The Morgan fingerprint density at radius 2 is 1.54 bits per heavy atom. The predicted octanol–water partition coefficient (Wildman–Crippen LogP) is 4.00. The molecule has 0 atom stereocenters. The number of carbonyl (C=O) groups is 2. The number of aromatic nitrogens is 2. The third kappa shape index (κ3) is 3.91. The van der Waals surface area contributed by atoms with Gasteiger partial charge in [-0.25, -0.2) is 4.98 Å². The fourth-order valence-electron chi connectivity index (χ4n) is 2.95. The Bertz CT molecular complexity index is 1100. The zero-order valence-electron chi connectivity index (χ0n) is 15.0. The highest BCUT2D eigenvalue weighted by Gasteiger charge is 2.15. The second-order valence-electron chi connectivity index (χ2n) is 6.31. The molecule has 0 saturated carbocycles. The van der Waals surface area contributed by atoms with Gasteiger partial charge in [-0.3, -0.25) is 14.9 Å². The van der Waals surface area contributed by atoms with E-state index in [1.165, 1.54) is 0 Å². The molecular weight excluding hydrogens is 352 g/mol. The molecule has 0 aliphatic heterocycles. The quantitative estimate of drug-likeness (QED) is 0.496. The molecule has 3 aromatic carbocycles. The van der Waals surface area contributed by atoms with Gasteiger partial charge in [-0.05, 0) is 29.8 Å². The van der Waals surface area contributed by atoms with Crippen LogP contribution >= 0.6 is 0 Å². The summed E-state index contributed by atoms with van der Waals surface area (Å²) in [4.78, 5) is 32.5. The van der Waals surface area contributed by atoms with Crippen molar-refractivity contribution in [3.63, 3.8) is 0 Å². The lowest BCUT2D eigenvalue weighted by Gasteiger charge is -2.10. The lowest BCUT2D eigenvalue weighted by atomic mass is 10.1. The number of para-hydroxylation sites is 3. The molecule has 0 bridgehead atoms. The molecule has 0 radical (unpaired) electrons. The Kier molecular flexibility index (Phi) is 4.84. The van der Waals surface area contributed by atoms with Gasteiger partial charge in [-0.2, -0.15) is 0 Å². The Balaban J connectivity index is 1.50. The molecule has 1 aromatic heterocycles. The first-order valence-electron chi connectivity index (χ1n) is 8.88. The van der Waals surface area contributed by atoms with Crippen LogP contribution in [0.25, 0.3) is 11.0 Å². The molecule has 0 spiro atoms. The van der Waals surface area contributed by atoms with Crippen molar-refractivity contribution >= 4 is 34.5 Å². The maximum Gasteiger partial charge on any atom is 0.260 e. The second-order valence-corrected chi connectivity index (χ2v) is 6.31. The van der Waals surface area contributed by atoms with Crippen molar-refractivity contribution in [3.05, 3.63) is 90.0 Å². The number of fused-ring (bicyclic) bond motifs is 1. The van der Waals surface area contributed by atoms with Crippen LogP contribution in [-0.4, -0.2) is 21.8 Å². The first-order valence-corrected chi connectivity index (χ1v) is 8.88. The fraction of sp³-hybridized carbons (Fsp3) is 0.0455. The molecule has 2 amide bonds. The maximum atomic E-state index is 12.7. The van der Waals surface area contributed by atoms with Gasteiger partial charge in [0.25, 0.3) is 5.91 Å². The first kappa shape index (κ1) is 17.5. The molecule has 0 unspecified atom stereocenters. The average Bonchev–Trinajstić information content (AvgIpc) is 3.11. The van der Waals surface area contributed by atoms with Gasteiger partial charge in [0.2, 0.25) is 11.9 Å². The Labute approximate surface area is 161 Å². The van der Waals surface area contributed by atoms with Crippen LogP contribution in [0.15, 0.2) is 78.9 Å². The lowest BCUT2D eigenvalue weighted by molar-refractivity contribution is -0.115. The van der Waals surface area contributed by atoms with E-state index in [1.54, 1.807) is 24.3 Å². The maximum absolute atomic E-state index is 12.7. The summed E-state index contributed by atoms with van der Waals surface area (Å²) in [5.74, 6) is -0.179. The van der Waals surface area contributed by atoms with Crippen LogP contribution in [0.1, 0.15) is 15.9 Å². The largest absolute Gasteiger partial charge is 0.325 e. The highest BCUT2D eigenvalue weighted by Crippen LogP contribution is 2.19. The SMILES string of the molecule is O=C(Cc1ccccc1)Nc1ccccc1C(=O)Nc1nc2ccccc2[nH]1. The predicted molar refractivity (Wildman–Crippen MR) is 109 cm³/mol. The minimum atomic E-state index is -0.352. The first-order chi connectivity index (χ1) is 13.7. The summed E-state index contributed by atoms with van der Waals surface area (Å²) in [6, 6.07) is 23.9. The molecule has 0 saturated heterocycles. The minimum Gasteiger partial charge on any atom is -0.325 e. The van der Waals surface area contributed by atoms with Crippen molar-refractivity contribution in [3.8, 4) is 0 Å². The van der Waals surface area contributed by atoms with E-state index in [0.29, 0.717) is 17.2 Å². The zero-order valence-corrected chi connectivity index (χ0v) is 15.0. The zero-order chi connectivity index (χ0) is 19.3. The van der Waals surface area contributed by atoms with E-state index in [1.807, 2.05) is 54.6 Å². The standard InChI is InChI=1S/C22H18N4O2/c27-20(14-15-8-2-1-3-9-15)23-17-11-5-4-10-16(17)21(28)26-22-24-18-12-6-7-13-19(18)25-22/h1-13H,14H2,(H,23,27)(H2,24,25,26,28). The number of imidazole rings is 1. The number of nitrogens with zero attached hydrogens (tertiary/aromatic N) is 1. The van der Waals surface area contributed by atoms with Crippen LogP contribution < -0.4 is 10.6 Å². The van der Waals surface area contributed by atoms with Crippen molar-refractivity contribution in [2.24, 2.45) is 0 Å². The molecule has 0 fully saturated rings. The molecule has 4 rings (SSSR count). The fourth-order valence-corrected chi connectivity index (χ4v) is 2.95. The number of benzene rings is 3. The number of hydrogen-bond acceptors (Lipinski definition) is 3. The van der Waals surface area contributed by atoms with E-state index >= 15 is 0 Å². The molecule has 3 N–H and O–H groups in total. The van der Waals surface area contributed by atoms with Crippen molar-refractivity contribution in [1.29, 1.82) is 0 Å².